The first-order chi connectivity index (χ1) is 10.7. The molecule has 3 rings (SSSR count). The van der Waals surface area contributed by atoms with Crippen LogP contribution in [0.1, 0.15) is 18.1 Å². The lowest BCUT2D eigenvalue weighted by molar-refractivity contribution is 0.635. The quantitative estimate of drug-likeness (QED) is 0.542. The van der Waals surface area contributed by atoms with Crippen LogP contribution in [-0.2, 0) is 12.3 Å². The lowest BCUT2D eigenvalue weighted by Gasteiger charge is -2.09. The Labute approximate surface area is 136 Å². The summed E-state index contributed by atoms with van der Waals surface area (Å²) in [6.45, 7) is 2.54. The van der Waals surface area contributed by atoms with Gasteiger partial charge in [-0.25, -0.2) is 4.98 Å². The molecule has 0 atom stereocenters. The van der Waals surface area contributed by atoms with Crippen molar-refractivity contribution in [2.45, 2.75) is 24.4 Å². The van der Waals surface area contributed by atoms with Crippen molar-refractivity contribution in [1.82, 2.24) is 9.55 Å². The van der Waals surface area contributed by atoms with E-state index < -0.39 is 0 Å². The van der Waals surface area contributed by atoms with Crippen LogP contribution in [0.3, 0.4) is 0 Å². The van der Waals surface area contributed by atoms with Crippen molar-refractivity contribution in [3.8, 4) is 6.07 Å². The molecular formula is C16H13N3OS2. The van der Waals surface area contributed by atoms with Gasteiger partial charge in [0.1, 0.15) is 4.70 Å². The van der Waals surface area contributed by atoms with Crippen molar-refractivity contribution >= 4 is 33.3 Å². The highest BCUT2D eigenvalue weighted by molar-refractivity contribution is 7.98. The maximum Gasteiger partial charge on any atom is 0.272 e. The highest BCUT2D eigenvalue weighted by atomic mass is 32.2. The third kappa shape index (κ3) is 2.78. The van der Waals surface area contributed by atoms with Crippen molar-refractivity contribution in [1.29, 1.82) is 5.26 Å². The maximum atomic E-state index is 12.4. The molecule has 1 aromatic carbocycles. The Morgan fingerprint density at radius 1 is 1.41 bits per heavy atom. The highest BCUT2D eigenvalue weighted by Crippen LogP contribution is 2.24. The summed E-state index contributed by atoms with van der Waals surface area (Å²) in [5.74, 6) is 0.678. The number of fused-ring (bicyclic) bond motifs is 1. The molecule has 0 unspecified atom stereocenters. The van der Waals surface area contributed by atoms with Gasteiger partial charge in [-0.3, -0.25) is 9.36 Å². The van der Waals surface area contributed by atoms with Crippen molar-refractivity contribution < 1.29 is 0 Å². The van der Waals surface area contributed by atoms with Gasteiger partial charge < -0.3 is 0 Å². The third-order valence-corrected chi connectivity index (χ3v) is 5.21. The van der Waals surface area contributed by atoms with Gasteiger partial charge >= 0.3 is 0 Å². The summed E-state index contributed by atoms with van der Waals surface area (Å²) >= 11 is 2.95. The van der Waals surface area contributed by atoms with Crippen molar-refractivity contribution in [2.75, 3.05) is 0 Å². The van der Waals surface area contributed by atoms with Crippen LogP contribution in [-0.4, -0.2) is 9.55 Å². The van der Waals surface area contributed by atoms with Crippen LogP contribution >= 0.6 is 23.1 Å². The van der Waals surface area contributed by atoms with Gasteiger partial charge in [0, 0.05) is 12.3 Å². The molecule has 0 aliphatic heterocycles. The average Bonchev–Trinajstić information content (AvgIpc) is 3.02. The van der Waals surface area contributed by atoms with Gasteiger partial charge in [0.25, 0.3) is 5.56 Å². The summed E-state index contributed by atoms with van der Waals surface area (Å²) in [7, 11) is 0. The third-order valence-electron chi connectivity index (χ3n) is 3.27. The topological polar surface area (TPSA) is 58.7 Å². The normalized spacial score (nSPS) is 10.7. The number of nitriles is 1. The lowest BCUT2D eigenvalue weighted by atomic mass is 10.2. The van der Waals surface area contributed by atoms with E-state index in [0.29, 0.717) is 22.6 Å². The zero-order chi connectivity index (χ0) is 15.5. The van der Waals surface area contributed by atoms with Crippen molar-refractivity contribution in [3.05, 3.63) is 57.2 Å². The first-order valence-corrected chi connectivity index (χ1v) is 8.69. The van der Waals surface area contributed by atoms with E-state index in [1.165, 1.54) is 23.1 Å². The first kappa shape index (κ1) is 14.8. The summed E-state index contributed by atoms with van der Waals surface area (Å²) in [5.41, 5.74) is 2.47. The van der Waals surface area contributed by atoms with Crippen LogP contribution in [0.2, 0.25) is 0 Å². The second-order valence-electron chi connectivity index (χ2n) is 4.68. The van der Waals surface area contributed by atoms with Crippen LogP contribution in [0.15, 0.2) is 45.7 Å². The minimum absolute atomic E-state index is 0.0239. The molecule has 2 heterocycles. The maximum absolute atomic E-state index is 12.4. The van der Waals surface area contributed by atoms with Gasteiger partial charge in [-0.2, -0.15) is 5.26 Å². The molecule has 0 bridgehead atoms. The van der Waals surface area contributed by atoms with Gasteiger partial charge in [-0.15, -0.1) is 11.3 Å². The summed E-state index contributed by atoms with van der Waals surface area (Å²) in [4.78, 5) is 17.0. The molecule has 0 aliphatic rings. The van der Waals surface area contributed by atoms with E-state index in [-0.39, 0.29) is 5.56 Å². The van der Waals surface area contributed by atoms with Gasteiger partial charge in [0.15, 0.2) is 5.16 Å². The predicted octanol–water partition coefficient (Wildman–Crippen LogP) is 3.64. The summed E-state index contributed by atoms with van der Waals surface area (Å²) in [6.07, 6.45) is 0. The van der Waals surface area contributed by atoms with Gasteiger partial charge in [-0.1, -0.05) is 23.9 Å². The van der Waals surface area contributed by atoms with Crippen LogP contribution in [0.25, 0.3) is 10.2 Å². The summed E-state index contributed by atoms with van der Waals surface area (Å²) in [5, 5.41) is 11.6. The van der Waals surface area contributed by atoms with Crippen LogP contribution < -0.4 is 5.56 Å². The molecule has 0 saturated heterocycles. The molecule has 0 spiro atoms. The minimum Gasteiger partial charge on any atom is -0.287 e. The molecular weight excluding hydrogens is 314 g/mol. The van der Waals surface area contributed by atoms with E-state index in [1.807, 2.05) is 36.6 Å². The standard InChI is InChI=1S/C16H13N3OS2/c1-2-19-15(20)14-13(6-7-21-14)18-16(19)22-10-12-5-3-4-11(8-12)9-17/h3-8H,2,10H2,1H3. The smallest absolute Gasteiger partial charge is 0.272 e. The summed E-state index contributed by atoms with van der Waals surface area (Å²) < 4.78 is 2.41. The number of hydrogen-bond donors (Lipinski definition) is 0. The number of rotatable bonds is 4. The van der Waals surface area contributed by atoms with E-state index in [2.05, 4.69) is 11.1 Å². The molecule has 22 heavy (non-hydrogen) atoms. The number of thioether (sulfide) groups is 1. The molecule has 3 aromatic rings. The Balaban J connectivity index is 1.93. The van der Waals surface area contributed by atoms with Gasteiger partial charge in [-0.05, 0) is 36.1 Å². The van der Waals surface area contributed by atoms with E-state index in [0.717, 1.165) is 16.2 Å². The van der Waals surface area contributed by atoms with Crippen molar-refractivity contribution in [3.63, 3.8) is 0 Å². The average molecular weight is 327 g/mol. The second-order valence-corrected chi connectivity index (χ2v) is 6.54. The molecule has 0 aliphatic carbocycles. The number of nitrogens with zero attached hydrogens (tertiary/aromatic N) is 3. The number of aromatic nitrogens is 2. The molecule has 2 aromatic heterocycles. The van der Waals surface area contributed by atoms with E-state index in [1.54, 1.807) is 10.6 Å². The molecule has 0 radical (unpaired) electrons. The second kappa shape index (κ2) is 6.34. The molecule has 110 valence electrons. The molecule has 4 nitrogen and oxygen atoms in total. The number of benzene rings is 1. The largest absolute Gasteiger partial charge is 0.287 e. The number of hydrogen-bond acceptors (Lipinski definition) is 5. The highest BCUT2D eigenvalue weighted by Gasteiger charge is 2.11. The van der Waals surface area contributed by atoms with Gasteiger partial charge in [0.05, 0.1) is 17.1 Å². The Hall–Kier alpha value is -2.10. The van der Waals surface area contributed by atoms with Crippen LogP contribution in [0.4, 0.5) is 0 Å². The minimum atomic E-state index is 0.0239. The lowest BCUT2D eigenvalue weighted by Crippen LogP contribution is -2.21. The summed E-state index contributed by atoms with van der Waals surface area (Å²) in [6, 6.07) is 11.5. The molecule has 0 fully saturated rings. The van der Waals surface area contributed by atoms with E-state index >= 15 is 0 Å². The first-order valence-electron chi connectivity index (χ1n) is 6.83. The Kier molecular flexibility index (Phi) is 4.27. The predicted molar refractivity (Wildman–Crippen MR) is 90.3 cm³/mol. The molecule has 0 amide bonds. The number of thiophene rings is 1. The Morgan fingerprint density at radius 3 is 3.05 bits per heavy atom. The molecule has 0 N–H and O–H groups in total. The SMILES string of the molecule is CCn1c(SCc2cccc(C#N)c2)nc2ccsc2c1=O. The monoisotopic (exact) mass is 327 g/mol. The van der Waals surface area contributed by atoms with Crippen LogP contribution in [0, 0.1) is 11.3 Å². The van der Waals surface area contributed by atoms with Crippen molar-refractivity contribution in [2.24, 2.45) is 0 Å². The zero-order valence-electron chi connectivity index (χ0n) is 11.9. The van der Waals surface area contributed by atoms with Crippen LogP contribution in [0.5, 0.6) is 0 Å². The fraction of sp³-hybridized carbons (Fsp3) is 0.188. The van der Waals surface area contributed by atoms with Gasteiger partial charge in [0.2, 0.25) is 0 Å². The fourth-order valence-corrected chi connectivity index (χ4v) is 3.98. The zero-order valence-corrected chi connectivity index (χ0v) is 13.6. The van der Waals surface area contributed by atoms with E-state index in [9.17, 15) is 4.79 Å². The Morgan fingerprint density at radius 2 is 2.27 bits per heavy atom. The molecule has 0 saturated carbocycles. The Bertz CT molecular complexity index is 921. The fourth-order valence-electron chi connectivity index (χ4n) is 2.19. The van der Waals surface area contributed by atoms with E-state index in [4.69, 9.17) is 5.26 Å². The molecule has 6 heteroatoms.